The molecule has 33 heavy (non-hydrogen) atoms. The average Bonchev–Trinajstić information content (AvgIpc) is 3.17. The lowest BCUT2D eigenvalue weighted by Gasteiger charge is -2.12. The zero-order chi connectivity index (χ0) is 23.0. The molecule has 6 nitrogen and oxygen atoms in total. The monoisotopic (exact) mass is 443 g/mol. The van der Waals surface area contributed by atoms with Crippen LogP contribution in [-0.2, 0) is 24.2 Å². The fourth-order valence-electron chi connectivity index (χ4n) is 3.83. The van der Waals surface area contributed by atoms with Crippen LogP contribution in [-0.4, -0.2) is 35.7 Å². The number of hydrogen-bond donors (Lipinski definition) is 1. The Kier molecular flexibility index (Phi) is 7.25. The number of benzene rings is 3. The van der Waals surface area contributed by atoms with Gasteiger partial charge in [0.25, 0.3) is 0 Å². The number of carbonyl (C=O) groups excluding carboxylic acids is 1. The summed E-state index contributed by atoms with van der Waals surface area (Å²) < 4.78 is 13.3. The summed E-state index contributed by atoms with van der Waals surface area (Å²) in [4.78, 5) is 17.2. The molecule has 4 aromatic rings. The molecule has 1 aromatic heterocycles. The number of imidazole rings is 1. The normalized spacial score (nSPS) is 10.8. The van der Waals surface area contributed by atoms with E-state index in [-0.39, 0.29) is 5.91 Å². The molecule has 0 aliphatic heterocycles. The molecular formula is C27H29N3O3. The lowest BCUT2D eigenvalue weighted by Crippen LogP contribution is -2.28. The maximum Gasteiger partial charge on any atom is 0.224 e. The van der Waals surface area contributed by atoms with Crippen LogP contribution in [0.1, 0.15) is 17.0 Å². The van der Waals surface area contributed by atoms with Crippen LogP contribution in [0.15, 0.2) is 72.8 Å². The predicted octanol–water partition coefficient (Wildman–Crippen LogP) is 4.33. The third kappa shape index (κ3) is 5.92. The molecule has 170 valence electrons. The van der Waals surface area contributed by atoms with E-state index in [0.29, 0.717) is 32.5 Å². The van der Waals surface area contributed by atoms with E-state index in [1.165, 1.54) is 5.56 Å². The van der Waals surface area contributed by atoms with E-state index in [4.69, 9.17) is 14.5 Å². The first-order valence-corrected chi connectivity index (χ1v) is 11.2. The van der Waals surface area contributed by atoms with Gasteiger partial charge in [-0.15, -0.1) is 0 Å². The van der Waals surface area contributed by atoms with Gasteiger partial charge in [0.2, 0.25) is 5.91 Å². The minimum atomic E-state index is -0.00870. The lowest BCUT2D eigenvalue weighted by atomic mass is 10.1. The SMILES string of the molecule is COc1ccc(CC(=O)NCCc2nc3ccccc3n2CCOc2cccc(C)c2)cc1. The predicted molar refractivity (Wildman–Crippen MR) is 130 cm³/mol. The zero-order valence-electron chi connectivity index (χ0n) is 19.1. The number of para-hydroxylation sites is 2. The van der Waals surface area contributed by atoms with Gasteiger partial charge in [-0.2, -0.15) is 0 Å². The van der Waals surface area contributed by atoms with Gasteiger partial charge in [0, 0.05) is 13.0 Å². The van der Waals surface area contributed by atoms with Gasteiger partial charge in [-0.3, -0.25) is 4.79 Å². The molecule has 3 aromatic carbocycles. The molecule has 0 saturated heterocycles. The van der Waals surface area contributed by atoms with Crippen LogP contribution >= 0.6 is 0 Å². The summed E-state index contributed by atoms with van der Waals surface area (Å²) >= 11 is 0. The van der Waals surface area contributed by atoms with E-state index in [0.717, 1.165) is 33.9 Å². The molecule has 0 fully saturated rings. The first-order chi connectivity index (χ1) is 16.1. The summed E-state index contributed by atoms with van der Waals surface area (Å²) in [5, 5.41) is 3.01. The third-order valence-electron chi connectivity index (χ3n) is 5.50. The van der Waals surface area contributed by atoms with Crippen LogP contribution in [0, 0.1) is 6.92 Å². The number of aryl methyl sites for hydroxylation is 1. The van der Waals surface area contributed by atoms with E-state index in [9.17, 15) is 4.79 Å². The van der Waals surface area contributed by atoms with Gasteiger partial charge in [-0.1, -0.05) is 36.4 Å². The van der Waals surface area contributed by atoms with Gasteiger partial charge in [-0.05, 0) is 54.4 Å². The summed E-state index contributed by atoms with van der Waals surface area (Å²) in [6.45, 7) is 3.80. The van der Waals surface area contributed by atoms with Crippen molar-refractivity contribution in [2.24, 2.45) is 0 Å². The molecule has 0 aliphatic rings. The van der Waals surface area contributed by atoms with Crippen molar-refractivity contribution < 1.29 is 14.3 Å². The van der Waals surface area contributed by atoms with Gasteiger partial charge in [0.1, 0.15) is 23.9 Å². The fourth-order valence-corrected chi connectivity index (χ4v) is 3.83. The highest BCUT2D eigenvalue weighted by Crippen LogP contribution is 2.18. The first-order valence-electron chi connectivity index (χ1n) is 11.2. The molecule has 0 saturated carbocycles. The maximum atomic E-state index is 12.4. The van der Waals surface area contributed by atoms with Crippen molar-refractivity contribution >= 4 is 16.9 Å². The Labute approximate surface area is 194 Å². The van der Waals surface area contributed by atoms with Crippen LogP contribution in [0.5, 0.6) is 11.5 Å². The van der Waals surface area contributed by atoms with Crippen molar-refractivity contribution in [3.05, 3.63) is 89.7 Å². The molecule has 0 unspecified atom stereocenters. The van der Waals surface area contributed by atoms with E-state index in [1.54, 1.807) is 7.11 Å². The van der Waals surface area contributed by atoms with Crippen molar-refractivity contribution in [1.29, 1.82) is 0 Å². The van der Waals surface area contributed by atoms with E-state index < -0.39 is 0 Å². The van der Waals surface area contributed by atoms with Gasteiger partial charge >= 0.3 is 0 Å². The number of amides is 1. The van der Waals surface area contributed by atoms with Gasteiger partial charge in [0.15, 0.2) is 0 Å². The Morgan fingerprint density at radius 2 is 1.82 bits per heavy atom. The second kappa shape index (κ2) is 10.7. The number of fused-ring (bicyclic) bond motifs is 1. The summed E-state index contributed by atoms with van der Waals surface area (Å²) in [6, 6.07) is 23.7. The Balaban J connectivity index is 1.36. The van der Waals surface area contributed by atoms with Crippen LogP contribution in [0.3, 0.4) is 0 Å². The minimum Gasteiger partial charge on any atom is -0.497 e. The van der Waals surface area contributed by atoms with Crippen molar-refractivity contribution in [3.63, 3.8) is 0 Å². The Morgan fingerprint density at radius 3 is 2.61 bits per heavy atom. The number of carbonyl (C=O) groups is 1. The highest BCUT2D eigenvalue weighted by molar-refractivity contribution is 5.78. The van der Waals surface area contributed by atoms with E-state index in [2.05, 4.69) is 28.9 Å². The largest absolute Gasteiger partial charge is 0.497 e. The van der Waals surface area contributed by atoms with Crippen LogP contribution < -0.4 is 14.8 Å². The molecule has 1 heterocycles. The summed E-state index contributed by atoms with van der Waals surface area (Å²) in [5.41, 5.74) is 4.15. The van der Waals surface area contributed by atoms with Crippen LogP contribution in [0.4, 0.5) is 0 Å². The smallest absolute Gasteiger partial charge is 0.224 e. The number of aromatic nitrogens is 2. The summed E-state index contributed by atoms with van der Waals surface area (Å²) in [6.07, 6.45) is 0.984. The molecule has 0 atom stereocenters. The fraction of sp³-hybridized carbons (Fsp3) is 0.259. The summed E-state index contributed by atoms with van der Waals surface area (Å²) in [7, 11) is 1.63. The topological polar surface area (TPSA) is 65.4 Å². The number of nitrogens with one attached hydrogen (secondary N) is 1. The van der Waals surface area contributed by atoms with Crippen molar-refractivity contribution in [2.75, 3.05) is 20.3 Å². The van der Waals surface area contributed by atoms with Gasteiger partial charge in [-0.25, -0.2) is 4.98 Å². The molecule has 0 aliphatic carbocycles. The first kappa shape index (κ1) is 22.4. The van der Waals surface area contributed by atoms with Crippen molar-refractivity contribution in [2.45, 2.75) is 26.3 Å². The quantitative estimate of drug-likeness (QED) is 0.396. The van der Waals surface area contributed by atoms with Crippen molar-refractivity contribution in [1.82, 2.24) is 14.9 Å². The molecule has 0 spiro atoms. The zero-order valence-corrected chi connectivity index (χ0v) is 19.1. The number of methoxy groups -OCH3 is 1. The average molecular weight is 444 g/mol. The van der Waals surface area contributed by atoms with E-state index in [1.807, 2.05) is 60.7 Å². The minimum absolute atomic E-state index is 0.00870. The lowest BCUT2D eigenvalue weighted by molar-refractivity contribution is -0.120. The standard InChI is InChI=1S/C27H29N3O3/c1-20-6-5-7-23(18-20)33-17-16-30-25-9-4-3-8-24(25)29-26(30)14-15-28-27(31)19-21-10-12-22(32-2)13-11-21/h3-13,18H,14-17,19H2,1-2H3,(H,28,31). The maximum absolute atomic E-state index is 12.4. The molecular weight excluding hydrogens is 414 g/mol. The summed E-state index contributed by atoms with van der Waals surface area (Å²) in [5.74, 6) is 2.58. The molecule has 0 bridgehead atoms. The molecule has 6 heteroatoms. The second-order valence-electron chi connectivity index (χ2n) is 7.96. The van der Waals surface area contributed by atoms with Crippen molar-refractivity contribution in [3.8, 4) is 11.5 Å². The van der Waals surface area contributed by atoms with Gasteiger partial charge in [0.05, 0.1) is 31.1 Å². The number of hydrogen-bond acceptors (Lipinski definition) is 4. The van der Waals surface area contributed by atoms with Crippen LogP contribution in [0.25, 0.3) is 11.0 Å². The Morgan fingerprint density at radius 1 is 1.00 bits per heavy atom. The highest BCUT2D eigenvalue weighted by atomic mass is 16.5. The Bertz CT molecular complexity index is 1220. The third-order valence-corrected chi connectivity index (χ3v) is 5.50. The highest BCUT2D eigenvalue weighted by Gasteiger charge is 2.11. The number of nitrogens with zero attached hydrogens (tertiary/aromatic N) is 2. The van der Waals surface area contributed by atoms with Gasteiger partial charge < -0.3 is 19.4 Å². The van der Waals surface area contributed by atoms with E-state index >= 15 is 0 Å². The van der Waals surface area contributed by atoms with Crippen LogP contribution in [0.2, 0.25) is 0 Å². The number of ether oxygens (including phenoxy) is 2. The second-order valence-corrected chi connectivity index (χ2v) is 7.96. The Hall–Kier alpha value is -3.80. The molecule has 4 rings (SSSR count). The molecule has 1 N–H and O–H groups in total. The molecule has 0 radical (unpaired) electrons. The molecule has 1 amide bonds. The number of rotatable bonds is 10.